The predicted molar refractivity (Wildman–Crippen MR) is 95.7 cm³/mol. The van der Waals surface area contributed by atoms with Crippen molar-refractivity contribution in [1.29, 1.82) is 0 Å². The highest BCUT2D eigenvalue weighted by atomic mass is 16.5. The van der Waals surface area contributed by atoms with Crippen LogP contribution < -0.4 is 10.1 Å². The Balaban J connectivity index is 1.74. The van der Waals surface area contributed by atoms with Gasteiger partial charge in [-0.3, -0.25) is 9.48 Å². The summed E-state index contributed by atoms with van der Waals surface area (Å²) in [6, 6.07) is 3.38. The topological polar surface area (TPSA) is 69.0 Å². The molecule has 3 rings (SSSR count). The first-order valence-corrected chi connectivity index (χ1v) is 8.93. The van der Waals surface area contributed by atoms with E-state index in [4.69, 9.17) is 4.74 Å². The van der Waals surface area contributed by atoms with Crippen LogP contribution in [0.25, 0.3) is 0 Å². The van der Waals surface area contributed by atoms with Crippen molar-refractivity contribution in [2.24, 2.45) is 7.05 Å². The van der Waals surface area contributed by atoms with E-state index >= 15 is 0 Å². The number of aromatic nitrogens is 3. The van der Waals surface area contributed by atoms with Gasteiger partial charge in [-0.2, -0.15) is 5.10 Å². The fourth-order valence-corrected chi connectivity index (χ4v) is 3.19. The van der Waals surface area contributed by atoms with Crippen LogP contribution in [0.5, 0.6) is 5.88 Å². The second kappa shape index (κ2) is 7.25. The summed E-state index contributed by atoms with van der Waals surface area (Å²) in [5.74, 6) is 0.412. The van der Waals surface area contributed by atoms with Crippen molar-refractivity contribution in [1.82, 2.24) is 20.1 Å². The van der Waals surface area contributed by atoms with Crippen molar-refractivity contribution >= 4 is 5.91 Å². The number of hydrogen-bond acceptors (Lipinski definition) is 4. The number of nitrogens with one attached hydrogen (secondary N) is 1. The molecule has 2 heterocycles. The van der Waals surface area contributed by atoms with Crippen LogP contribution in [0, 0.1) is 13.8 Å². The molecule has 1 N–H and O–H groups in total. The van der Waals surface area contributed by atoms with E-state index < -0.39 is 0 Å². The zero-order valence-corrected chi connectivity index (χ0v) is 15.4. The third kappa shape index (κ3) is 3.67. The number of carbonyl (C=O) groups is 1. The molecule has 1 atom stereocenters. The summed E-state index contributed by atoms with van der Waals surface area (Å²) >= 11 is 0. The van der Waals surface area contributed by atoms with Crippen LogP contribution in [-0.2, 0) is 7.05 Å². The standard InChI is InChI=1S/C19H26N4O2/c1-5-16(18-12(2)22-23(4)13(18)3)21-19(24)14-9-10-20-17(11-14)25-15-7-6-8-15/h9-11,15-16H,5-8H2,1-4H3,(H,21,24). The van der Waals surface area contributed by atoms with Gasteiger partial charge in [-0.25, -0.2) is 4.98 Å². The molecular formula is C19H26N4O2. The lowest BCUT2D eigenvalue weighted by Gasteiger charge is -2.25. The molecule has 0 radical (unpaired) electrons. The Hall–Kier alpha value is -2.37. The number of hydrogen-bond donors (Lipinski definition) is 1. The molecule has 2 aromatic heterocycles. The maximum Gasteiger partial charge on any atom is 0.252 e. The van der Waals surface area contributed by atoms with Crippen molar-refractivity contribution < 1.29 is 9.53 Å². The summed E-state index contributed by atoms with van der Waals surface area (Å²) < 4.78 is 7.65. The van der Waals surface area contributed by atoms with Gasteiger partial charge in [0.1, 0.15) is 6.10 Å². The minimum Gasteiger partial charge on any atom is -0.474 e. The van der Waals surface area contributed by atoms with E-state index in [1.165, 1.54) is 6.42 Å². The number of pyridine rings is 1. The van der Waals surface area contributed by atoms with Crippen LogP contribution in [0.4, 0.5) is 0 Å². The first-order chi connectivity index (χ1) is 12.0. The second-order valence-corrected chi connectivity index (χ2v) is 6.70. The molecule has 1 unspecified atom stereocenters. The number of carbonyl (C=O) groups excluding carboxylic acids is 1. The zero-order valence-electron chi connectivity index (χ0n) is 15.4. The first-order valence-electron chi connectivity index (χ1n) is 8.93. The summed E-state index contributed by atoms with van der Waals surface area (Å²) in [6.07, 6.45) is 6.01. The quantitative estimate of drug-likeness (QED) is 0.875. The minimum atomic E-state index is -0.115. The predicted octanol–water partition coefficient (Wildman–Crippen LogP) is 3.24. The number of aryl methyl sites for hydroxylation is 2. The molecule has 134 valence electrons. The molecule has 0 aliphatic heterocycles. The average Bonchev–Trinajstić information content (AvgIpc) is 2.81. The molecule has 1 saturated carbocycles. The zero-order chi connectivity index (χ0) is 18.0. The lowest BCUT2D eigenvalue weighted by atomic mass is 9.96. The summed E-state index contributed by atoms with van der Waals surface area (Å²) in [6.45, 7) is 6.07. The van der Waals surface area contributed by atoms with Crippen LogP contribution in [0.2, 0.25) is 0 Å². The Morgan fingerprint density at radius 1 is 1.44 bits per heavy atom. The van der Waals surface area contributed by atoms with Gasteiger partial charge in [0.05, 0.1) is 11.7 Å². The van der Waals surface area contributed by atoms with Gasteiger partial charge in [0.25, 0.3) is 5.91 Å². The van der Waals surface area contributed by atoms with Gasteiger partial charge in [0, 0.05) is 36.1 Å². The van der Waals surface area contributed by atoms with Crippen molar-refractivity contribution in [3.63, 3.8) is 0 Å². The van der Waals surface area contributed by atoms with Gasteiger partial charge >= 0.3 is 0 Å². The lowest BCUT2D eigenvalue weighted by Crippen LogP contribution is -2.29. The van der Waals surface area contributed by atoms with Gasteiger partial charge in [0.15, 0.2) is 0 Å². The van der Waals surface area contributed by atoms with E-state index in [1.54, 1.807) is 18.3 Å². The Labute approximate surface area is 148 Å². The molecule has 1 fully saturated rings. The molecule has 1 amide bonds. The molecule has 0 spiro atoms. The number of amides is 1. The summed E-state index contributed by atoms with van der Waals surface area (Å²) in [4.78, 5) is 16.9. The number of nitrogens with zero attached hydrogens (tertiary/aromatic N) is 3. The summed E-state index contributed by atoms with van der Waals surface area (Å²) in [7, 11) is 1.92. The number of rotatable bonds is 6. The summed E-state index contributed by atoms with van der Waals surface area (Å²) in [5, 5.41) is 7.58. The maximum atomic E-state index is 12.7. The maximum absolute atomic E-state index is 12.7. The van der Waals surface area contributed by atoms with E-state index in [2.05, 4.69) is 22.3 Å². The van der Waals surface area contributed by atoms with E-state index in [0.29, 0.717) is 11.4 Å². The molecular weight excluding hydrogens is 316 g/mol. The molecule has 6 nitrogen and oxygen atoms in total. The normalized spacial score (nSPS) is 15.5. The van der Waals surface area contributed by atoms with Gasteiger partial charge in [0.2, 0.25) is 5.88 Å². The van der Waals surface area contributed by atoms with Crippen molar-refractivity contribution in [3.05, 3.63) is 40.8 Å². The smallest absolute Gasteiger partial charge is 0.252 e. The molecule has 1 aliphatic carbocycles. The van der Waals surface area contributed by atoms with E-state index in [0.717, 1.165) is 36.2 Å². The van der Waals surface area contributed by atoms with Crippen molar-refractivity contribution in [2.45, 2.75) is 58.6 Å². The van der Waals surface area contributed by atoms with E-state index in [-0.39, 0.29) is 18.1 Å². The molecule has 0 bridgehead atoms. The Bertz CT molecular complexity index is 765. The van der Waals surface area contributed by atoms with E-state index in [9.17, 15) is 4.79 Å². The monoisotopic (exact) mass is 342 g/mol. The Morgan fingerprint density at radius 2 is 2.20 bits per heavy atom. The Kier molecular flexibility index (Phi) is 5.06. The van der Waals surface area contributed by atoms with Crippen molar-refractivity contribution in [3.8, 4) is 5.88 Å². The average molecular weight is 342 g/mol. The highest BCUT2D eigenvalue weighted by Gasteiger charge is 2.23. The molecule has 6 heteroatoms. The first kappa shape index (κ1) is 17.5. The lowest BCUT2D eigenvalue weighted by molar-refractivity contribution is 0.0930. The highest BCUT2D eigenvalue weighted by molar-refractivity contribution is 5.94. The molecule has 1 aliphatic rings. The van der Waals surface area contributed by atoms with Crippen LogP contribution >= 0.6 is 0 Å². The molecule has 0 aromatic carbocycles. The van der Waals surface area contributed by atoms with E-state index in [1.807, 2.05) is 25.6 Å². The third-order valence-electron chi connectivity index (χ3n) is 4.96. The fourth-order valence-electron chi connectivity index (χ4n) is 3.19. The van der Waals surface area contributed by atoms with Gasteiger partial charge < -0.3 is 10.1 Å². The molecule has 2 aromatic rings. The highest BCUT2D eigenvalue weighted by Crippen LogP contribution is 2.26. The van der Waals surface area contributed by atoms with Gasteiger partial charge in [-0.05, 0) is 45.6 Å². The van der Waals surface area contributed by atoms with Crippen LogP contribution in [0.1, 0.15) is 66.0 Å². The fraction of sp³-hybridized carbons (Fsp3) is 0.526. The molecule has 0 saturated heterocycles. The van der Waals surface area contributed by atoms with Gasteiger partial charge in [-0.1, -0.05) is 6.92 Å². The van der Waals surface area contributed by atoms with Crippen LogP contribution in [0.15, 0.2) is 18.3 Å². The second-order valence-electron chi connectivity index (χ2n) is 6.70. The minimum absolute atomic E-state index is 0.0645. The van der Waals surface area contributed by atoms with Crippen LogP contribution in [0.3, 0.4) is 0 Å². The van der Waals surface area contributed by atoms with Gasteiger partial charge in [-0.15, -0.1) is 0 Å². The SMILES string of the molecule is CCC(NC(=O)c1ccnc(OC2CCC2)c1)c1c(C)nn(C)c1C. The Morgan fingerprint density at radius 3 is 2.76 bits per heavy atom. The summed E-state index contributed by atoms with van der Waals surface area (Å²) in [5.41, 5.74) is 3.70. The van der Waals surface area contributed by atoms with Crippen molar-refractivity contribution in [2.75, 3.05) is 0 Å². The number of ether oxygens (including phenoxy) is 1. The molecule has 25 heavy (non-hydrogen) atoms. The largest absolute Gasteiger partial charge is 0.474 e. The third-order valence-corrected chi connectivity index (χ3v) is 4.96. The van der Waals surface area contributed by atoms with Crippen LogP contribution in [-0.4, -0.2) is 26.8 Å².